The number of ether oxygens (including phenoxy) is 2. The summed E-state index contributed by atoms with van der Waals surface area (Å²) in [5.74, 6) is 0.667. The van der Waals surface area contributed by atoms with Crippen LogP contribution in [0.3, 0.4) is 0 Å². The number of para-hydroxylation sites is 1. The normalized spacial score (nSPS) is 18.6. The summed E-state index contributed by atoms with van der Waals surface area (Å²) in [7, 11) is 0. The fraction of sp³-hybridized carbons (Fsp3) is 0.258. The summed E-state index contributed by atoms with van der Waals surface area (Å²) >= 11 is 0. The van der Waals surface area contributed by atoms with E-state index in [-0.39, 0.29) is 18.1 Å². The molecule has 0 saturated carbocycles. The predicted molar refractivity (Wildman–Crippen MR) is 142 cm³/mol. The van der Waals surface area contributed by atoms with Crippen molar-refractivity contribution in [3.63, 3.8) is 0 Å². The zero-order chi connectivity index (χ0) is 25.1. The van der Waals surface area contributed by atoms with E-state index in [4.69, 9.17) is 14.6 Å². The smallest absolute Gasteiger partial charge is 0.344 e. The molecule has 4 aromatic rings. The maximum Gasteiger partial charge on any atom is 0.344 e. The Labute approximate surface area is 211 Å². The van der Waals surface area contributed by atoms with Gasteiger partial charge in [-0.3, -0.25) is 0 Å². The van der Waals surface area contributed by atoms with Crippen LogP contribution in [0.2, 0.25) is 0 Å². The maximum absolute atomic E-state index is 11.1. The highest BCUT2D eigenvalue weighted by Crippen LogP contribution is 2.40. The molecule has 0 aromatic heterocycles. The third kappa shape index (κ3) is 5.07. The average molecular weight is 482 g/mol. The zero-order valence-corrected chi connectivity index (χ0v) is 20.6. The molecular formula is C31H31NO4. The van der Waals surface area contributed by atoms with E-state index in [1.54, 1.807) is 0 Å². The molecule has 0 fully saturated rings. The van der Waals surface area contributed by atoms with Gasteiger partial charge in [-0.1, -0.05) is 72.8 Å². The number of hydrogen-bond donors (Lipinski definition) is 2. The molecule has 0 bridgehead atoms. The number of nitrogens with one attached hydrogen (secondary N) is 1. The van der Waals surface area contributed by atoms with Gasteiger partial charge < -0.3 is 19.9 Å². The van der Waals surface area contributed by atoms with Crippen molar-refractivity contribution in [1.82, 2.24) is 5.32 Å². The average Bonchev–Trinajstić information content (AvgIpc) is 2.91. The first-order chi connectivity index (χ1) is 17.5. The second kappa shape index (κ2) is 10.4. The van der Waals surface area contributed by atoms with Gasteiger partial charge in [-0.2, -0.15) is 0 Å². The number of carboxylic acids is 1. The van der Waals surface area contributed by atoms with E-state index in [1.807, 2.05) is 42.5 Å². The topological polar surface area (TPSA) is 67.8 Å². The van der Waals surface area contributed by atoms with Crippen LogP contribution in [-0.4, -0.2) is 29.8 Å². The Balaban J connectivity index is 1.32. The molecule has 1 aliphatic heterocycles. The lowest BCUT2D eigenvalue weighted by atomic mass is 9.84. The van der Waals surface area contributed by atoms with Crippen LogP contribution in [0.25, 0.3) is 10.8 Å². The van der Waals surface area contributed by atoms with Crippen molar-refractivity contribution >= 4 is 16.7 Å². The van der Waals surface area contributed by atoms with Gasteiger partial charge in [0.15, 0.2) is 6.10 Å². The molecule has 0 saturated heterocycles. The Morgan fingerprint density at radius 3 is 2.50 bits per heavy atom. The van der Waals surface area contributed by atoms with Gasteiger partial charge in [0.1, 0.15) is 17.6 Å². The fourth-order valence-corrected chi connectivity index (χ4v) is 5.01. The first kappa shape index (κ1) is 23.9. The summed E-state index contributed by atoms with van der Waals surface area (Å²) in [6.07, 6.45) is -0.0259. The second-order valence-electron chi connectivity index (χ2n) is 9.43. The van der Waals surface area contributed by atoms with Gasteiger partial charge in [-0.25, -0.2) is 4.79 Å². The van der Waals surface area contributed by atoms with Crippen molar-refractivity contribution in [2.24, 2.45) is 0 Å². The van der Waals surface area contributed by atoms with Crippen LogP contribution in [0.4, 0.5) is 0 Å². The number of rotatable bonds is 8. The summed E-state index contributed by atoms with van der Waals surface area (Å²) in [6, 6.07) is 31.1. The molecular weight excluding hydrogens is 450 g/mol. The quantitative estimate of drug-likeness (QED) is 0.308. The number of fused-ring (bicyclic) bond motifs is 2. The molecule has 5 heteroatoms. The van der Waals surface area contributed by atoms with Crippen molar-refractivity contribution < 1.29 is 19.4 Å². The summed E-state index contributed by atoms with van der Waals surface area (Å²) in [6.45, 7) is 4.46. The van der Waals surface area contributed by atoms with Gasteiger partial charge in [0.2, 0.25) is 0 Å². The molecule has 0 spiro atoms. The summed E-state index contributed by atoms with van der Waals surface area (Å²) in [5.41, 5.74) is 3.61. The molecule has 0 aliphatic carbocycles. The van der Waals surface area contributed by atoms with Crippen LogP contribution in [0.5, 0.6) is 11.5 Å². The maximum atomic E-state index is 11.1. The molecule has 184 valence electrons. The highest BCUT2D eigenvalue weighted by atomic mass is 16.5. The highest BCUT2D eigenvalue weighted by Gasteiger charge is 2.29. The van der Waals surface area contributed by atoms with Crippen LogP contribution in [0.1, 0.15) is 48.9 Å². The van der Waals surface area contributed by atoms with E-state index >= 15 is 0 Å². The van der Waals surface area contributed by atoms with Gasteiger partial charge in [-0.05, 0) is 60.4 Å². The number of hydrogen-bond acceptors (Lipinski definition) is 4. The minimum atomic E-state index is -0.981. The van der Waals surface area contributed by atoms with Crippen molar-refractivity contribution in [2.75, 3.05) is 6.54 Å². The molecule has 5 nitrogen and oxygen atoms in total. The summed E-state index contributed by atoms with van der Waals surface area (Å²) in [5, 5.41) is 15.3. The molecule has 1 aliphatic rings. The van der Waals surface area contributed by atoms with Crippen molar-refractivity contribution in [3.8, 4) is 11.5 Å². The van der Waals surface area contributed by atoms with Crippen LogP contribution in [0, 0.1) is 0 Å². The van der Waals surface area contributed by atoms with Crippen LogP contribution in [-0.2, 0) is 4.79 Å². The molecule has 5 rings (SSSR count). The lowest BCUT2D eigenvalue weighted by Crippen LogP contribution is -2.37. The van der Waals surface area contributed by atoms with Crippen molar-refractivity contribution in [1.29, 1.82) is 0 Å². The highest BCUT2D eigenvalue weighted by molar-refractivity contribution is 5.86. The van der Waals surface area contributed by atoms with Crippen LogP contribution in [0.15, 0.2) is 91.0 Å². The van der Waals surface area contributed by atoms with Crippen LogP contribution < -0.4 is 14.8 Å². The molecule has 1 heterocycles. The van der Waals surface area contributed by atoms with Gasteiger partial charge in [0.05, 0.1) is 0 Å². The summed E-state index contributed by atoms with van der Waals surface area (Å²) in [4.78, 5) is 11.1. The molecule has 36 heavy (non-hydrogen) atoms. The first-order valence-electron chi connectivity index (χ1n) is 12.5. The van der Waals surface area contributed by atoms with E-state index in [1.165, 1.54) is 28.8 Å². The molecule has 4 atom stereocenters. The van der Waals surface area contributed by atoms with E-state index in [9.17, 15) is 4.79 Å². The van der Waals surface area contributed by atoms with E-state index < -0.39 is 12.1 Å². The lowest BCUT2D eigenvalue weighted by Gasteiger charge is -2.33. The minimum Gasteiger partial charge on any atom is -0.489 e. The van der Waals surface area contributed by atoms with Crippen molar-refractivity contribution in [2.45, 2.75) is 44.4 Å². The second-order valence-corrected chi connectivity index (χ2v) is 9.43. The number of aliphatic carboxylic acids is 1. The van der Waals surface area contributed by atoms with E-state index in [2.05, 4.69) is 60.8 Å². The Morgan fingerprint density at radius 2 is 1.69 bits per heavy atom. The lowest BCUT2D eigenvalue weighted by molar-refractivity contribution is -0.144. The van der Waals surface area contributed by atoms with E-state index in [0.29, 0.717) is 5.75 Å². The van der Waals surface area contributed by atoms with Crippen LogP contribution >= 0.6 is 0 Å². The zero-order valence-electron chi connectivity index (χ0n) is 20.6. The van der Waals surface area contributed by atoms with E-state index in [0.717, 1.165) is 24.3 Å². The molecule has 4 aromatic carbocycles. The van der Waals surface area contributed by atoms with Crippen molar-refractivity contribution in [3.05, 3.63) is 108 Å². The third-order valence-electron chi connectivity index (χ3n) is 6.97. The third-order valence-corrected chi connectivity index (χ3v) is 6.97. The predicted octanol–water partition coefficient (Wildman–Crippen LogP) is 6.33. The van der Waals surface area contributed by atoms with Gasteiger partial charge >= 0.3 is 5.97 Å². The number of benzene rings is 4. The number of carboxylic acid groups (broad SMARTS) is 1. The molecule has 1 unspecified atom stereocenters. The Kier molecular flexibility index (Phi) is 6.92. The molecule has 0 amide bonds. The SMILES string of the molecule is CC(Oc1ccc([C@H]2C[C@H](CN[C@H](C)c3cccc4ccccc34)Oc3ccccc32)cc1)C(=O)O. The van der Waals surface area contributed by atoms with Gasteiger partial charge in [-0.15, -0.1) is 0 Å². The van der Waals surface area contributed by atoms with Gasteiger partial charge in [0.25, 0.3) is 0 Å². The summed E-state index contributed by atoms with van der Waals surface area (Å²) < 4.78 is 11.9. The Morgan fingerprint density at radius 1 is 0.972 bits per heavy atom. The minimum absolute atomic E-state index is 0.0188. The Hall–Kier alpha value is -3.83. The molecule has 2 N–H and O–H groups in total. The number of carbonyl (C=O) groups is 1. The monoisotopic (exact) mass is 481 g/mol. The van der Waals surface area contributed by atoms with Gasteiger partial charge in [0, 0.05) is 24.1 Å². The molecule has 0 radical (unpaired) electrons. The Bertz CT molecular complexity index is 1350. The largest absolute Gasteiger partial charge is 0.489 e. The fourth-order valence-electron chi connectivity index (χ4n) is 5.01. The standard InChI is InChI=1S/C31H31NO4/c1-20(26-12-7-9-22-8-3-4-10-27(22)26)32-19-25-18-29(28-11-5-6-13-30(28)36-25)23-14-16-24(17-15-23)35-21(2)31(33)34/h3-17,20-21,25,29,32H,18-19H2,1-2H3,(H,33,34)/t20-,21?,25-,29-/m1/s1. The first-order valence-corrected chi connectivity index (χ1v) is 12.5.